The molecule has 3 aromatic rings. The summed E-state index contributed by atoms with van der Waals surface area (Å²) >= 11 is 0. The second-order valence-corrected chi connectivity index (χ2v) is 8.84. The Bertz CT molecular complexity index is 1140. The molecule has 0 aliphatic carbocycles. The first-order valence-electron chi connectivity index (χ1n) is 11.1. The van der Waals surface area contributed by atoms with E-state index in [1.165, 1.54) is 13.0 Å². The fourth-order valence-electron chi connectivity index (χ4n) is 4.44. The molecule has 176 valence electrons. The highest BCUT2D eigenvalue weighted by Crippen LogP contribution is 2.33. The molecule has 1 N–H and O–H groups in total. The Morgan fingerprint density at radius 1 is 1.09 bits per heavy atom. The summed E-state index contributed by atoms with van der Waals surface area (Å²) in [5, 5.41) is 13.5. The van der Waals surface area contributed by atoms with Gasteiger partial charge in [-0.05, 0) is 64.0 Å². The van der Waals surface area contributed by atoms with Crippen molar-refractivity contribution < 1.29 is 13.2 Å². The van der Waals surface area contributed by atoms with Crippen LogP contribution in [0.4, 0.5) is 24.8 Å². The Kier molecular flexibility index (Phi) is 6.43. The molecule has 1 aromatic carbocycles. The minimum atomic E-state index is -4.38. The number of aromatic nitrogens is 3. The fraction of sp³-hybridized carbons (Fsp3) is 0.458. The lowest BCUT2D eigenvalue weighted by atomic mass is 10.0. The van der Waals surface area contributed by atoms with E-state index in [9.17, 15) is 13.2 Å². The van der Waals surface area contributed by atoms with Gasteiger partial charge >= 0.3 is 6.18 Å². The van der Waals surface area contributed by atoms with Gasteiger partial charge in [0.05, 0.1) is 11.3 Å². The number of rotatable bonds is 5. The van der Waals surface area contributed by atoms with Crippen LogP contribution in [0.2, 0.25) is 0 Å². The summed E-state index contributed by atoms with van der Waals surface area (Å²) in [5.74, 6) is 1.42. The van der Waals surface area contributed by atoms with Crippen LogP contribution in [0.1, 0.15) is 35.2 Å². The zero-order valence-electron chi connectivity index (χ0n) is 19.4. The molecule has 9 heteroatoms. The Labute approximate surface area is 191 Å². The molecule has 33 heavy (non-hydrogen) atoms. The van der Waals surface area contributed by atoms with Gasteiger partial charge in [-0.2, -0.15) is 18.3 Å². The zero-order valence-corrected chi connectivity index (χ0v) is 19.4. The average molecular weight is 459 g/mol. The summed E-state index contributed by atoms with van der Waals surface area (Å²) in [7, 11) is 4.22. The van der Waals surface area contributed by atoms with Crippen molar-refractivity contribution in [1.29, 1.82) is 0 Å². The van der Waals surface area contributed by atoms with Crippen LogP contribution in [-0.2, 0) is 12.7 Å². The normalized spacial score (nSPS) is 15.5. The van der Waals surface area contributed by atoms with Crippen LogP contribution >= 0.6 is 0 Å². The Morgan fingerprint density at radius 2 is 1.82 bits per heavy atom. The number of benzene rings is 1. The molecule has 6 nitrogen and oxygen atoms in total. The van der Waals surface area contributed by atoms with Crippen molar-refractivity contribution in [1.82, 2.24) is 20.1 Å². The number of halogens is 3. The molecule has 2 aromatic heterocycles. The molecule has 0 amide bonds. The maximum absolute atomic E-state index is 13.3. The molecule has 0 bridgehead atoms. The van der Waals surface area contributed by atoms with E-state index in [2.05, 4.69) is 44.4 Å². The van der Waals surface area contributed by atoms with Crippen LogP contribution in [0.5, 0.6) is 0 Å². The number of pyridine rings is 1. The molecule has 3 heterocycles. The number of hydrogen-bond donors (Lipinski definition) is 1. The van der Waals surface area contributed by atoms with E-state index in [-0.39, 0.29) is 12.1 Å². The zero-order chi connectivity index (χ0) is 23.8. The standard InChI is InChI=1S/C24H29F3N6/c1-15-17(6-5-7-21(15)24(25,26)27)13-29-23-19-12-22(28-14-20(19)16(2)30-31-23)33-10-8-18(9-11-33)32(3)4/h5-7,12,14,18H,8-11,13H2,1-4H3,(H,29,31). The molecule has 0 saturated carbocycles. The summed E-state index contributed by atoms with van der Waals surface area (Å²) in [4.78, 5) is 9.20. The SMILES string of the molecule is Cc1c(CNc2nnc(C)c3cnc(N4CCC(N(C)C)CC4)cc23)cccc1C(F)(F)F. The van der Waals surface area contributed by atoms with Gasteiger partial charge < -0.3 is 15.1 Å². The third-order valence-corrected chi connectivity index (χ3v) is 6.55. The lowest BCUT2D eigenvalue weighted by Gasteiger charge is -2.35. The van der Waals surface area contributed by atoms with Crippen LogP contribution in [0, 0.1) is 13.8 Å². The van der Waals surface area contributed by atoms with Crippen molar-refractivity contribution in [3.63, 3.8) is 0 Å². The summed E-state index contributed by atoms with van der Waals surface area (Å²) in [6.45, 7) is 5.43. The number of nitrogens with zero attached hydrogens (tertiary/aromatic N) is 5. The van der Waals surface area contributed by atoms with Crippen molar-refractivity contribution in [2.24, 2.45) is 0 Å². The van der Waals surface area contributed by atoms with Gasteiger partial charge in [-0.15, -0.1) is 5.10 Å². The third kappa shape index (κ3) is 4.88. The van der Waals surface area contributed by atoms with Crippen molar-refractivity contribution in [2.45, 2.75) is 45.5 Å². The second kappa shape index (κ2) is 9.13. The lowest BCUT2D eigenvalue weighted by molar-refractivity contribution is -0.138. The van der Waals surface area contributed by atoms with Crippen LogP contribution in [0.3, 0.4) is 0 Å². The minimum absolute atomic E-state index is 0.216. The fourth-order valence-corrected chi connectivity index (χ4v) is 4.44. The van der Waals surface area contributed by atoms with Gasteiger partial charge in [-0.3, -0.25) is 0 Å². The van der Waals surface area contributed by atoms with Crippen molar-refractivity contribution >= 4 is 22.4 Å². The molecule has 1 saturated heterocycles. The highest BCUT2D eigenvalue weighted by Gasteiger charge is 2.32. The number of alkyl halides is 3. The van der Waals surface area contributed by atoms with E-state index in [0.717, 1.165) is 54.3 Å². The predicted molar refractivity (Wildman–Crippen MR) is 124 cm³/mol. The highest BCUT2D eigenvalue weighted by atomic mass is 19.4. The Balaban J connectivity index is 1.60. The minimum Gasteiger partial charge on any atom is -0.364 e. The van der Waals surface area contributed by atoms with Crippen molar-refractivity contribution in [2.75, 3.05) is 37.4 Å². The monoisotopic (exact) mass is 458 g/mol. The topological polar surface area (TPSA) is 57.2 Å². The smallest absolute Gasteiger partial charge is 0.364 e. The van der Waals surface area contributed by atoms with E-state index in [0.29, 0.717) is 17.4 Å². The van der Waals surface area contributed by atoms with Crippen LogP contribution in [0.25, 0.3) is 10.8 Å². The predicted octanol–water partition coefficient (Wildman–Crippen LogP) is 4.80. The molecule has 1 fully saturated rings. The highest BCUT2D eigenvalue weighted by molar-refractivity contribution is 5.94. The van der Waals surface area contributed by atoms with E-state index < -0.39 is 11.7 Å². The maximum Gasteiger partial charge on any atom is 0.416 e. The third-order valence-electron chi connectivity index (χ3n) is 6.55. The quantitative estimate of drug-likeness (QED) is 0.593. The van der Waals surface area contributed by atoms with E-state index in [1.807, 2.05) is 19.2 Å². The van der Waals surface area contributed by atoms with Gasteiger partial charge in [0, 0.05) is 42.6 Å². The molecule has 0 spiro atoms. The maximum atomic E-state index is 13.3. The summed E-state index contributed by atoms with van der Waals surface area (Å²) < 4.78 is 39.8. The van der Waals surface area contributed by atoms with E-state index in [1.54, 1.807) is 6.07 Å². The van der Waals surface area contributed by atoms with E-state index in [4.69, 9.17) is 0 Å². The molecule has 4 rings (SSSR count). The largest absolute Gasteiger partial charge is 0.416 e. The Hall–Kier alpha value is -2.94. The molecular formula is C24H29F3N6. The summed E-state index contributed by atoms with van der Waals surface area (Å²) in [6, 6.07) is 6.82. The van der Waals surface area contributed by atoms with Crippen LogP contribution in [-0.4, -0.2) is 53.3 Å². The summed E-state index contributed by atoms with van der Waals surface area (Å²) in [5.41, 5.74) is 0.929. The van der Waals surface area contributed by atoms with Crippen LogP contribution in [0.15, 0.2) is 30.5 Å². The number of anilines is 2. The first-order chi connectivity index (χ1) is 15.6. The molecule has 1 aliphatic rings. The van der Waals surface area contributed by atoms with Gasteiger partial charge in [0.25, 0.3) is 0 Å². The molecule has 0 unspecified atom stereocenters. The van der Waals surface area contributed by atoms with Gasteiger partial charge in [-0.1, -0.05) is 12.1 Å². The number of piperidine rings is 1. The molecule has 0 radical (unpaired) electrons. The van der Waals surface area contributed by atoms with E-state index >= 15 is 0 Å². The average Bonchev–Trinajstić information content (AvgIpc) is 2.78. The molecule has 1 aliphatic heterocycles. The number of aryl methyl sites for hydroxylation is 1. The van der Waals surface area contributed by atoms with Gasteiger partial charge in [0.1, 0.15) is 5.82 Å². The summed E-state index contributed by atoms with van der Waals surface area (Å²) in [6.07, 6.45) is -0.426. The lowest BCUT2D eigenvalue weighted by Crippen LogP contribution is -2.42. The van der Waals surface area contributed by atoms with Gasteiger partial charge in [0.15, 0.2) is 5.82 Å². The second-order valence-electron chi connectivity index (χ2n) is 8.84. The molecule has 0 atom stereocenters. The van der Waals surface area contributed by atoms with Gasteiger partial charge in [-0.25, -0.2) is 4.98 Å². The first kappa shape index (κ1) is 23.2. The first-order valence-corrected chi connectivity index (χ1v) is 11.1. The Morgan fingerprint density at radius 3 is 2.48 bits per heavy atom. The molecular weight excluding hydrogens is 429 g/mol. The number of hydrogen-bond acceptors (Lipinski definition) is 6. The number of fused-ring (bicyclic) bond motifs is 1. The van der Waals surface area contributed by atoms with Gasteiger partial charge in [0.2, 0.25) is 0 Å². The van der Waals surface area contributed by atoms with Crippen molar-refractivity contribution in [3.05, 3.63) is 52.8 Å². The number of nitrogens with one attached hydrogen (secondary N) is 1. The van der Waals surface area contributed by atoms with Crippen molar-refractivity contribution in [3.8, 4) is 0 Å². The van der Waals surface area contributed by atoms with Crippen LogP contribution < -0.4 is 10.2 Å².